The summed E-state index contributed by atoms with van der Waals surface area (Å²) in [5.41, 5.74) is 0.516. The van der Waals surface area contributed by atoms with Crippen molar-refractivity contribution in [2.75, 3.05) is 26.0 Å². The fourth-order valence-corrected chi connectivity index (χ4v) is 1.70. The van der Waals surface area contributed by atoms with Gasteiger partial charge < -0.3 is 10.2 Å². The minimum absolute atomic E-state index is 0.103. The Morgan fingerprint density at radius 2 is 2.43 bits per heavy atom. The minimum atomic E-state index is -0.103. The lowest BCUT2D eigenvalue weighted by Gasteiger charge is -2.08. The van der Waals surface area contributed by atoms with E-state index in [0.29, 0.717) is 17.1 Å². The lowest BCUT2D eigenvalue weighted by Crippen LogP contribution is -2.26. The highest BCUT2D eigenvalue weighted by Gasteiger charge is 2.08. The van der Waals surface area contributed by atoms with E-state index in [1.54, 1.807) is 16.3 Å². The summed E-state index contributed by atoms with van der Waals surface area (Å²) >= 11 is 1.36. The number of thiophene rings is 1. The van der Waals surface area contributed by atoms with Gasteiger partial charge in [-0.25, -0.2) is 0 Å². The van der Waals surface area contributed by atoms with Gasteiger partial charge in [-0.15, -0.1) is 11.3 Å². The summed E-state index contributed by atoms with van der Waals surface area (Å²) in [6, 6.07) is 3.71. The van der Waals surface area contributed by atoms with Crippen molar-refractivity contribution in [3.63, 3.8) is 0 Å². The van der Waals surface area contributed by atoms with Crippen LogP contribution in [0.25, 0.3) is 0 Å². The molecule has 1 aromatic rings. The molecule has 0 bridgehead atoms. The molecule has 0 aromatic carbocycles. The zero-order chi connectivity index (χ0) is 10.6. The molecule has 1 aromatic heterocycles. The lowest BCUT2D eigenvalue weighted by molar-refractivity contribution is -0.116. The molecule has 0 fully saturated rings. The average molecular weight is 209 g/mol. The van der Waals surface area contributed by atoms with Crippen LogP contribution in [0.4, 0.5) is 5.00 Å². The van der Waals surface area contributed by atoms with Gasteiger partial charge in [0.15, 0.2) is 0 Å². The number of hydrogen-bond acceptors (Lipinski definition) is 4. The second-order valence-corrected chi connectivity index (χ2v) is 3.98. The van der Waals surface area contributed by atoms with Crippen LogP contribution in [0.2, 0.25) is 0 Å². The zero-order valence-corrected chi connectivity index (χ0v) is 8.89. The zero-order valence-electron chi connectivity index (χ0n) is 8.07. The van der Waals surface area contributed by atoms with Crippen LogP contribution in [0.5, 0.6) is 0 Å². The standard InChI is InChI=1S/C9H11N3OS/c1-12(2)6-8(13)11-9-7(5-10)3-4-14-9/h3-4H,6H2,1-2H3,(H,11,13). The van der Waals surface area contributed by atoms with Gasteiger partial charge in [-0.2, -0.15) is 5.26 Å². The summed E-state index contributed by atoms with van der Waals surface area (Å²) in [5, 5.41) is 13.8. The summed E-state index contributed by atoms with van der Waals surface area (Å²) in [5.74, 6) is -0.103. The van der Waals surface area contributed by atoms with E-state index >= 15 is 0 Å². The maximum absolute atomic E-state index is 11.3. The lowest BCUT2D eigenvalue weighted by atomic mass is 10.3. The second-order valence-electron chi connectivity index (χ2n) is 3.06. The topological polar surface area (TPSA) is 56.1 Å². The predicted molar refractivity (Wildman–Crippen MR) is 56.2 cm³/mol. The third-order valence-corrected chi connectivity index (χ3v) is 2.33. The summed E-state index contributed by atoms with van der Waals surface area (Å²) in [7, 11) is 3.64. The van der Waals surface area contributed by atoms with Crippen molar-refractivity contribution in [3.8, 4) is 6.07 Å². The van der Waals surface area contributed by atoms with Gasteiger partial charge in [-0.1, -0.05) is 0 Å². The summed E-state index contributed by atoms with van der Waals surface area (Å²) < 4.78 is 0. The van der Waals surface area contributed by atoms with Gasteiger partial charge in [-0.3, -0.25) is 4.79 Å². The second kappa shape index (κ2) is 4.74. The smallest absolute Gasteiger partial charge is 0.239 e. The van der Waals surface area contributed by atoms with Crippen molar-refractivity contribution in [2.24, 2.45) is 0 Å². The number of likely N-dealkylation sites (N-methyl/N-ethyl adjacent to an activating group) is 1. The van der Waals surface area contributed by atoms with Gasteiger partial charge in [-0.05, 0) is 25.5 Å². The first kappa shape index (κ1) is 10.7. The van der Waals surface area contributed by atoms with Crippen molar-refractivity contribution in [1.29, 1.82) is 5.26 Å². The van der Waals surface area contributed by atoms with Gasteiger partial charge in [0.1, 0.15) is 11.1 Å². The van der Waals surface area contributed by atoms with Crippen LogP contribution in [0.15, 0.2) is 11.4 Å². The number of carbonyl (C=O) groups excluding carboxylic acids is 1. The normalized spacial score (nSPS) is 9.86. The van der Waals surface area contributed by atoms with E-state index in [9.17, 15) is 4.79 Å². The highest BCUT2D eigenvalue weighted by Crippen LogP contribution is 2.21. The molecule has 5 heteroatoms. The maximum atomic E-state index is 11.3. The molecule has 0 saturated carbocycles. The summed E-state index contributed by atoms with van der Waals surface area (Å²) in [6.07, 6.45) is 0. The predicted octanol–water partition coefficient (Wildman–Crippen LogP) is 1.12. The van der Waals surface area contributed by atoms with E-state index in [2.05, 4.69) is 5.32 Å². The molecule has 1 amide bonds. The largest absolute Gasteiger partial charge is 0.315 e. The quantitative estimate of drug-likeness (QED) is 0.811. The fourth-order valence-electron chi connectivity index (χ4n) is 0.947. The average Bonchev–Trinajstić information content (AvgIpc) is 2.50. The van der Waals surface area contributed by atoms with Crippen LogP contribution in [-0.2, 0) is 4.79 Å². The number of rotatable bonds is 3. The number of hydrogen-bond donors (Lipinski definition) is 1. The van der Waals surface area contributed by atoms with Crippen LogP contribution >= 0.6 is 11.3 Å². The van der Waals surface area contributed by atoms with Crippen LogP contribution < -0.4 is 5.32 Å². The molecule has 1 heterocycles. The number of anilines is 1. The summed E-state index contributed by atoms with van der Waals surface area (Å²) in [6.45, 7) is 0.322. The molecule has 0 aliphatic carbocycles. The minimum Gasteiger partial charge on any atom is -0.315 e. The fraction of sp³-hybridized carbons (Fsp3) is 0.333. The van der Waals surface area contributed by atoms with Crippen molar-refractivity contribution in [2.45, 2.75) is 0 Å². The molecule has 0 atom stereocenters. The van der Waals surface area contributed by atoms with Crippen LogP contribution in [0.3, 0.4) is 0 Å². The number of carbonyl (C=O) groups is 1. The van der Waals surface area contributed by atoms with Gasteiger partial charge in [0.2, 0.25) is 5.91 Å². The van der Waals surface area contributed by atoms with Crippen molar-refractivity contribution in [3.05, 3.63) is 17.0 Å². The molecular formula is C9H11N3OS. The molecule has 74 valence electrons. The third-order valence-electron chi connectivity index (χ3n) is 1.50. The molecular weight excluding hydrogens is 198 g/mol. The first-order valence-corrected chi connectivity index (χ1v) is 4.93. The maximum Gasteiger partial charge on any atom is 0.239 e. The van der Waals surface area contributed by atoms with Crippen molar-refractivity contribution >= 4 is 22.2 Å². The van der Waals surface area contributed by atoms with E-state index in [4.69, 9.17) is 5.26 Å². The molecule has 0 saturated heterocycles. The molecule has 0 aliphatic heterocycles. The Labute approximate surface area is 86.8 Å². The molecule has 1 rings (SSSR count). The molecule has 0 unspecified atom stereocenters. The third kappa shape index (κ3) is 2.83. The molecule has 0 spiro atoms. The van der Waals surface area contributed by atoms with Gasteiger partial charge in [0.25, 0.3) is 0 Å². The van der Waals surface area contributed by atoms with E-state index in [-0.39, 0.29) is 5.91 Å². The molecule has 1 N–H and O–H groups in total. The van der Waals surface area contributed by atoms with Crippen molar-refractivity contribution in [1.82, 2.24) is 4.90 Å². The van der Waals surface area contributed by atoms with Gasteiger partial charge >= 0.3 is 0 Å². The van der Waals surface area contributed by atoms with E-state index in [0.717, 1.165) is 0 Å². The first-order chi connectivity index (χ1) is 6.63. The van der Waals surface area contributed by atoms with Gasteiger partial charge in [0, 0.05) is 0 Å². The highest BCUT2D eigenvalue weighted by atomic mass is 32.1. The van der Waals surface area contributed by atoms with Gasteiger partial charge in [0.05, 0.1) is 12.1 Å². The summed E-state index contributed by atoms with van der Waals surface area (Å²) in [4.78, 5) is 13.1. The Hall–Kier alpha value is -1.38. The molecule has 0 aliphatic rings. The van der Waals surface area contributed by atoms with Crippen LogP contribution in [-0.4, -0.2) is 31.4 Å². The Balaban J connectivity index is 2.61. The Bertz CT molecular complexity index is 364. The number of nitrogens with zero attached hydrogens (tertiary/aromatic N) is 2. The SMILES string of the molecule is CN(C)CC(=O)Nc1sccc1C#N. The van der Waals surface area contributed by atoms with E-state index in [1.165, 1.54) is 11.3 Å². The van der Waals surface area contributed by atoms with Crippen LogP contribution in [0.1, 0.15) is 5.56 Å². The Morgan fingerprint density at radius 3 is 3.00 bits per heavy atom. The Morgan fingerprint density at radius 1 is 1.71 bits per heavy atom. The molecule has 4 nitrogen and oxygen atoms in total. The van der Waals surface area contributed by atoms with Crippen LogP contribution in [0, 0.1) is 11.3 Å². The Kier molecular flexibility index (Phi) is 3.63. The number of amides is 1. The monoisotopic (exact) mass is 209 g/mol. The molecule has 14 heavy (non-hydrogen) atoms. The van der Waals surface area contributed by atoms with E-state index < -0.39 is 0 Å². The first-order valence-electron chi connectivity index (χ1n) is 4.05. The van der Waals surface area contributed by atoms with E-state index in [1.807, 2.05) is 20.2 Å². The molecule has 0 radical (unpaired) electrons. The number of nitrogens with one attached hydrogen (secondary N) is 1. The highest BCUT2D eigenvalue weighted by molar-refractivity contribution is 7.14. The van der Waals surface area contributed by atoms with Crippen molar-refractivity contribution < 1.29 is 4.79 Å². The number of nitriles is 1.